The molecule has 28 heavy (non-hydrogen) atoms. The van der Waals surface area contributed by atoms with E-state index in [0.29, 0.717) is 12.3 Å². The number of benzene rings is 2. The van der Waals surface area contributed by atoms with Gasteiger partial charge in [0.05, 0.1) is 12.0 Å². The number of nitro benzene ring substituents is 1. The lowest BCUT2D eigenvalue weighted by Gasteiger charge is -2.09. The van der Waals surface area contributed by atoms with Crippen LogP contribution in [0.5, 0.6) is 5.75 Å². The first-order chi connectivity index (χ1) is 13.4. The minimum atomic E-state index is -0.871. The molecule has 148 valence electrons. The highest BCUT2D eigenvalue weighted by atomic mass is 32.2. The summed E-state index contributed by atoms with van der Waals surface area (Å²) in [6.07, 6.45) is 0. The fourth-order valence-corrected chi connectivity index (χ4v) is 2.99. The fourth-order valence-electron chi connectivity index (χ4n) is 2.22. The molecule has 0 atom stereocenters. The SMILES string of the molecule is COc1ccc([N+](=O)[O-])cc1C(=O)OCC(=O)NCCSc1ccc(C)cc1. The Bertz CT molecular complexity index is 854. The first kappa shape index (κ1) is 21.2. The molecule has 2 aromatic carbocycles. The average molecular weight is 404 g/mol. The molecule has 2 aromatic rings. The number of aryl methyl sites for hydroxylation is 1. The van der Waals surface area contributed by atoms with Gasteiger partial charge < -0.3 is 14.8 Å². The smallest absolute Gasteiger partial charge is 0.342 e. The van der Waals surface area contributed by atoms with E-state index in [4.69, 9.17) is 9.47 Å². The van der Waals surface area contributed by atoms with E-state index in [-0.39, 0.29) is 17.0 Å². The normalized spacial score (nSPS) is 10.2. The van der Waals surface area contributed by atoms with Gasteiger partial charge in [-0.15, -0.1) is 11.8 Å². The quantitative estimate of drug-likeness (QED) is 0.225. The van der Waals surface area contributed by atoms with Gasteiger partial charge in [0.2, 0.25) is 0 Å². The molecule has 1 N–H and O–H groups in total. The molecular weight excluding hydrogens is 384 g/mol. The van der Waals surface area contributed by atoms with E-state index in [0.717, 1.165) is 11.0 Å². The number of esters is 1. The van der Waals surface area contributed by atoms with Crippen molar-refractivity contribution in [3.63, 3.8) is 0 Å². The van der Waals surface area contributed by atoms with Gasteiger partial charge in [0, 0.05) is 29.3 Å². The molecule has 1 amide bonds. The van der Waals surface area contributed by atoms with Crippen LogP contribution < -0.4 is 10.1 Å². The van der Waals surface area contributed by atoms with E-state index in [9.17, 15) is 19.7 Å². The van der Waals surface area contributed by atoms with Crippen molar-refractivity contribution in [3.8, 4) is 5.75 Å². The van der Waals surface area contributed by atoms with E-state index in [1.165, 1.54) is 24.8 Å². The third-order valence-electron chi connectivity index (χ3n) is 3.66. The molecule has 0 unspecified atom stereocenters. The number of nitrogens with one attached hydrogen (secondary N) is 1. The number of carbonyl (C=O) groups is 2. The second kappa shape index (κ2) is 10.3. The monoisotopic (exact) mass is 404 g/mol. The van der Waals surface area contributed by atoms with Crippen LogP contribution in [0.2, 0.25) is 0 Å². The van der Waals surface area contributed by atoms with Gasteiger partial charge in [0.25, 0.3) is 11.6 Å². The molecule has 0 bridgehead atoms. The van der Waals surface area contributed by atoms with Crippen LogP contribution in [-0.4, -0.2) is 42.8 Å². The van der Waals surface area contributed by atoms with Gasteiger partial charge in [0.1, 0.15) is 11.3 Å². The van der Waals surface area contributed by atoms with Crippen molar-refractivity contribution < 1.29 is 24.0 Å². The molecule has 0 aliphatic carbocycles. The van der Waals surface area contributed by atoms with Gasteiger partial charge in [-0.05, 0) is 25.1 Å². The number of nitrogens with zero attached hydrogens (tertiary/aromatic N) is 1. The van der Waals surface area contributed by atoms with Crippen molar-refractivity contribution in [1.82, 2.24) is 5.32 Å². The summed E-state index contributed by atoms with van der Waals surface area (Å²) in [7, 11) is 1.33. The van der Waals surface area contributed by atoms with E-state index in [1.54, 1.807) is 11.8 Å². The highest BCUT2D eigenvalue weighted by molar-refractivity contribution is 7.99. The minimum absolute atomic E-state index is 0.112. The number of carbonyl (C=O) groups excluding carboxylic acids is 2. The fraction of sp³-hybridized carbons (Fsp3) is 0.263. The zero-order valence-corrected chi connectivity index (χ0v) is 16.3. The van der Waals surface area contributed by atoms with Crippen molar-refractivity contribution >= 4 is 29.3 Å². The van der Waals surface area contributed by atoms with Crippen LogP contribution in [0.3, 0.4) is 0 Å². The number of hydrogen-bond acceptors (Lipinski definition) is 7. The van der Waals surface area contributed by atoms with Crippen LogP contribution in [0.1, 0.15) is 15.9 Å². The van der Waals surface area contributed by atoms with Crippen molar-refractivity contribution in [2.45, 2.75) is 11.8 Å². The summed E-state index contributed by atoms with van der Waals surface area (Å²) in [4.78, 5) is 35.3. The summed E-state index contributed by atoms with van der Waals surface area (Å²) < 4.78 is 9.95. The predicted molar refractivity (Wildman–Crippen MR) is 105 cm³/mol. The number of rotatable bonds is 9. The highest BCUT2D eigenvalue weighted by Crippen LogP contribution is 2.24. The largest absolute Gasteiger partial charge is 0.496 e. The van der Waals surface area contributed by atoms with Crippen molar-refractivity contribution in [2.24, 2.45) is 0 Å². The molecule has 0 radical (unpaired) electrons. The van der Waals surface area contributed by atoms with Crippen LogP contribution in [0.25, 0.3) is 0 Å². The van der Waals surface area contributed by atoms with E-state index in [1.807, 2.05) is 31.2 Å². The van der Waals surface area contributed by atoms with Crippen LogP contribution in [0, 0.1) is 17.0 Å². The lowest BCUT2D eigenvalue weighted by molar-refractivity contribution is -0.384. The lowest BCUT2D eigenvalue weighted by atomic mass is 10.2. The molecule has 0 fully saturated rings. The van der Waals surface area contributed by atoms with Gasteiger partial charge >= 0.3 is 5.97 Å². The Labute approximate surface area is 166 Å². The van der Waals surface area contributed by atoms with Crippen LogP contribution >= 0.6 is 11.8 Å². The summed E-state index contributed by atoms with van der Waals surface area (Å²) in [6, 6.07) is 11.6. The third-order valence-corrected chi connectivity index (χ3v) is 4.68. The standard InChI is InChI=1S/C19H20N2O6S/c1-13-3-6-15(7-4-13)28-10-9-20-18(22)12-27-19(23)16-11-14(21(24)25)5-8-17(16)26-2/h3-8,11H,9-10,12H2,1-2H3,(H,20,22). The Balaban J connectivity index is 1.79. The zero-order valence-electron chi connectivity index (χ0n) is 15.5. The van der Waals surface area contributed by atoms with Gasteiger partial charge in [-0.1, -0.05) is 17.7 Å². The molecule has 2 rings (SSSR count). The van der Waals surface area contributed by atoms with Gasteiger partial charge in [-0.25, -0.2) is 4.79 Å². The minimum Gasteiger partial charge on any atom is -0.496 e. The maximum Gasteiger partial charge on any atom is 0.342 e. The highest BCUT2D eigenvalue weighted by Gasteiger charge is 2.19. The van der Waals surface area contributed by atoms with Crippen molar-refractivity contribution in [1.29, 1.82) is 0 Å². The maximum absolute atomic E-state index is 12.1. The van der Waals surface area contributed by atoms with Crippen LogP contribution in [-0.2, 0) is 9.53 Å². The first-order valence-corrected chi connectivity index (χ1v) is 9.35. The number of non-ortho nitro benzene ring substituents is 1. The Morgan fingerprint density at radius 3 is 2.54 bits per heavy atom. The van der Waals surface area contributed by atoms with Crippen molar-refractivity contribution in [2.75, 3.05) is 26.0 Å². The Hall–Kier alpha value is -3.07. The molecule has 0 aliphatic heterocycles. The molecule has 9 heteroatoms. The molecule has 0 spiro atoms. The number of nitro groups is 1. The second-order valence-corrected chi connectivity index (χ2v) is 6.90. The van der Waals surface area contributed by atoms with E-state index in [2.05, 4.69) is 5.32 Å². The summed E-state index contributed by atoms with van der Waals surface area (Å²) >= 11 is 1.60. The number of thioether (sulfide) groups is 1. The van der Waals surface area contributed by atoms with Crippen molar-refractivity contribution in [3.05, 3.63) is 63.7 Å². The molecule has 0 heterocycles. The summed E-state index contributed by atoms with van der Waals surface area (Å²) in [6.45, 7) is 1.94. The summed E-state index contributed by atoms with van der Waals surface area (Å²) in [5.41, 5.74) is 0.796. The number of ether oxygens (including phenoxy) is 2. The van der Waals surface area contributed by atoms with E-state index < -0.39 is 23.4 Å². The van der Waals surface area contributed by atoms with Crippen LogP contribution in [0.15, 0.2) is 47.4 Å². The number of amides is 1. The average Bonchev–Trinajstić information content (AvgIpc) is 2.70. The summed E-state index contributed by atoms with van der Waals surface area (Å²) in [5.74, 6) is -0.529. The topological polar surface area (TPSA) is 108 Å². The lowest BCUT2D eigenvalue weighted by Crippen LogP contribution is -2.30. The van der Waals surface area contributed by atoms with Gasteiger partial charge in [-0.2, -0.15) is 0 Å². The first-order valence-electron chi connectivity index (χ1n) is 8.36. The molecule has 0 saturated carbocycles. The summed E-state index contributed by atoms with van der Waals surface area (Å²) in [5, 5.41) is 13.5. The Morgan fingerprint density at radius 1 is 1.18 bits per heavy atom. The predicted octanol–water partition coefficient (Wildman–Crippen LogP) is 2.98. The third kappa shape index (κ3) is 6.27. The maximum atomic E-state index is 12.1. The molecule has 0 aromatic heterocycles. The Morgan fingerprint density at radius 2 is 1.89 bits per heavy atom. The zero-order chi connectivity index (χ0) is 20.5. The molecular formula is C19H20N2O6S. The molecule has 0 aliphatic rings. The molecule has 8 nitrogen and oxygen atoms in total. The molecule has 0 saturated heterocycles. The van der Waals surface area contributed by atoms with Gasteiger partial charge in [-0.3, -0.25) is 14.9 Å². The number of hydrogen-bond donors (Lipinski definition) is 1. The van der Waals surface area contributed by atoms with Gasteiger partial charge in [0.15, 0.2) is 6.61 Å². The van der Waals surface area contributed by atoms with Crippen LogP contribution in [0.4, 0.5) is 5.69 Å². The van der Waals surface area contributed by atoms with E-state index >= 15 is 0 Å². The Kier molecular flexibility index (Phi) is 7.82. The second-order valence-electron chi connectivity index (χ2n) is 5.73. The number of methoxy groups -OCH3 is 1.